The van der Waals surface area contributed by atoms with Crippen molar-refractivity contribution in [3.05, 3.63) is 11.3 Å². The summed E-state index contributed by atoms with van der Waals surface area (Å²) in [6.07, 6.45) is 6.48. The topological polar surface area (TPSA) is 67.5 Å². The van der Waals surface area contributed by atoms with Gasteiger partial charge in [0.15, 0.2) is 5.82 Å². The molecule has 0 spiro atoms. The van der Waals surface area contributed by atoms with Gasteiger partial charge in [-0.2, -0.15) is 0 Å². The van der Waals surface area contributed by atoms with Crippen LogP contribution in [0.1, 0.15) is 25.7 Å². The molecule has 0 bridgehead atoms. The Kier molecular flexibility index (Phi) is 5.91. The number of hydrogen-bond donors (Lipinski definition) is 1. The Morgan fingerprint density at radius 3 is 2.65 bits per heavy atom. The van der Waals surface area contributed by atoms with Gasteiger partial charge in [0.05, 0.1) is 13.2 Å². The fraction of sp³-hybridized carbons (Fsp3) is 0.750. The van der Waals surface area contributed by atoms with Crippen LogP contribution in [0.4, 0.5) is 11.6 Å². The molecular formula is C16H26ClN5O. The van der Waals surface area contributed by atoms with Gasteiger partial charge in [-0.1, -0.05) is 11.6 Å². The van der Waals surface area contributed by atoms with Gasteiger partial charge in [0, 0.05) is 26.2 Å². The number of nitrogens with zero attached hydrogens (tertiary/aromatic N) is 4. The van der Waals surface area contributed by atoms with Crippen molar-refractivity contribution in [2.45, 2.75) is 25.7 Å². The van der Waals surface area contributed by atoms with Crippen molar-refractivity contribution >= 4 is 23.2 Å². The van der Waals surface area contributed by atoms with Crippen LogP contribution in [-0.4, -0.2) is 60.8 Å². The molecule has 2 aliphatic heterocycles. The van der Waals surface area contributed by atoms with Gasteiger partial charge in [0.2, 0.25) is 0 Å². The van der Waals surface area contributed by atoms with Crippen LogP contribution in [0.2, 0.25) is 5.02 Å². The number of nitrogen functional groups attached to an aromatic ring is 1. The highest BCUT2D eigenvalue weighted by Gasteiger charge is 2.22. The lowest BCUT2D eigenvalue weighted by Crippen LogP contribution is -2.37. The number of halogens is 1. The van der Waals surface area contributed by atoms with Crippen LogP contribution in [0, 0.1) is 5.92 Å². The van der Waals surface area contributed by atoms with E-state index in [-0.39, 0.29) is 0 Å². The lowest BCUT2D eigenvalue weighted by Gasteiger charge is -2.33. The van der Waals surface area contributed by atoms with Crippen LogP contribution < -0.4 is 10.6 Å². The highest BCUT2D eigenvalue weighted by Crippen LogP contribution is 2.31. The van der Waals surface area contributed by atoms with E-state index in [9.17, 15) is 0 Å². The van der Waals surface area contributed by atoms with E-state index in [4.69, 9.17) is 22.1 Å². The third-order valence-electron chi connectivity index (χ3n) is 4.90. The molecule has 2 aliphatic rings. The zero-order valence-corrected chi connectivity index (χ0v) is 14.3. The zero-order chi connectivity index (χ0) is 16.1. The summed E-state index contributed by atoms with van der Waals surface area (Å²) < 4.78 is 5.39. The molecule has 0 aromatic carbocycles. The summed E-state index contributed by atoms with van der Waals surface area (Å²) in [6.45, 7) is 7.16. The number of rotatable bonds is 5. The third kappa shape index (κ3) is 4.46. The van der Waals surface area contributed by atoms with E-state index < -0.39 is 0 Å². The molecule has 1 aromatic rings. The fourth-order valence-electron chi connectivity index (χ4n) is 3.46. The van der Waals surface area contributed by atoms with Crippen LogP contribution in [-0.2, 0) is 4.74 Å². The predicted octanol–water partition coefficient (Wildman–Crippen LogP) is 2.04. The predicted molar refractivity (Wildman–Crippen MR) is 92.9 cm³/mol. The summed E-state index contributed by atoms with van der Waals surface area (Å²) in [6, 6.07) is 0. The standard InChI is InChI=1S/C16H26ClN5O/c17-14-15(18)19-12-20-16(14)22-6-3-13(4-7-22)2-1-5-21-8-10-23-11-9-21/h12-13H,1-11H2,(H2,18,19,20). The number of hydrogen-bond acceptors (Lipinski definition) is 6. The molecule has 128 valence electrons. The maximum atomic E-state index is 6.23. The molecule has 3 rings (SSSR count). The van der Waals surface area contributed by atoms with E-state index in [0.717, 1.165) is 51.1 Å². The van der Waals surface area contributed by atoms with Gasteiger partial charge < -0.3 is 15.4 Å². The van der Waals surface area contributed by atoms with Gasteiger partial charge in [-0.05, 0) is 38.1 Å². The van der Waals surface area contributed by atoms with Crippen molar-refractivity contribution < 1.29 is 4.74 Å². The first kappa shape index (κ1) is 16.7. The summed E-state index contributed by atoms with van der Waals surface area (Å²) in [7, 11) is 0. The Bertz CT molecular complexity index is 501. The Morgan fingerprint density at radius 1 is 1.17 bits per heavy atom. The minimum absolute atomic E-state index is 0.365. The molecule has 0 atom stereocenters. The van der Waals surface area contributed by atoms with Gasteiger partial charge in [0.1, 0.15) is 17.2 Å². The molecule has 2 saturated heterocycles. The Hall–Kier alpha value is -1.11. The van der Waals surface area contributed by atoms with Crippen molar-refractivity contribution in [3.63, 3.8) is 0 Å². The van der Waals surface area contributed by atoms with Gasteiger partial charge in [-0.25, -0.2) is 9.97 Å². The molecular weight excluding hydrogens is 314 g/mol. The molecule has 6 nitrogen and oxygen atoms in total. The SMILES string of the molecule is Nc1ncnc(N2CCC(CCCN3CCOCC3)CC2)c1Cl. The van der Waals surface area contributed by atoms with E-state index in [2.05, 4.69) is 19.8 Å². The second-order valence-electron chi connectivity index (χ2n) is 6.42. The van der Waals surface area contributed by atoms with Crippen molar-refractivity contribution in [2.75, 3.05) is 56.6 Å². The molecule has 7 heteroatoms. The van der Waals surface area contributed by atoms with E-state index in [0.29, 0.717) is 10.8 Å². The van der Waals surface area contributed by atoms with Crippen molar-refractivity contribution in [3.8, 4) is 0 Å². The Labute approximate surface area is 143 Å². The van der Waals surface area contributed by atoms with Gasteiger partial charge in [-0.3, -0.25) is 4.90 Å². The maximum absolute atomic E-state index is 6.23. The summed E-state index contributed by atoms with van der Waals surface area (Å²) >= 11 is 6.23. The smallest absolute Gasteiger partial charge is 0.153 e. The minimum Gasteiger partial charge on any atom is -0.382 e. The van der Waals surface area contributed by atoms with Crippen molar-refractivity contribution in [2.24, 2.45) is 5.92 Å². The molecule has 0 aliphatic carbocycles. The number of anilines is 2. The Balaban J connectivity index is 1.40. The molecule has 3 heterocycles. The molecule has 0 saturated carbocycles. The van der Waals surface area contributed by atoms with Crippen molar-refractivity contribution in [1.82, 2.24) is 14.9 Å². The molecule has 0 amide bonds. The maximum Gasteiger partial charge on any atom is 0.153 e. The monoisotopic (exact) mass is 339 g/mol. The van der Waals surface area contributed by atoms with Gasteiger partial charge >= 0.3 is 0 Å². The van der Waals surface area contributed by atoms with Crippen LogP contribution in [0.15, 0.2) is 6.33 Å². The average Bonchev–Trinajstić information content (AvgIpc) is 2.59. The Morgan fingerprint density at radius 2 is 1.91 bits per heavy atom. The average molecular weight is 340 g/mol. The van der Waals surface area contributed by atoms with Crippen LogP contribution >= 0.6 is 11.6 Å². The number of aromatic nitrogens is 2. The summed E-state index contributed by atoms with van der Waals surface area (Å²) in [5.41, 5.74) is 5.77. The van der Waals surface area contributed by atoms with Gasteiger partial charge in [-0.15, -0.1) is 0 Å². The number of nitrogens with two attached hydrogens (primary N) is 1. The first-order valence-electron chi connectivity index (χ1n) is 8.55. The molecule has 0 radical (unpaired) electrons. The normalized spacial score (nSPS) is 20.8. The van der Waals surface area contributed by atoms with E-state index in [1.807, 2.05) is 0 Å². The molecule has 0 unspecified atom stereocenters. The summed E-state index contributed by atoms with van der Waals surface area (Å²) in [5.74, 6) is 1.96. The first-order valence-corrected chi connectivity index (χ1v) is 8.93. The third-order valence-corrected chi connectivity index (χ3v) is 5.27. The molecule has 2 N–H and O–H groups in total. The highest BCUT2D eigenvalue weighted by molar-refractivity contribution is 6.35. The zero-order valence-electron chi connectivity index (χ0n) is 13.6. The van der Waals surface area contributed by atoms with E-state index >= 15 is 0 Å². The second-order valence-corrected chi connectivity index (χ2v) is 6.80. The lowest BCUT2D eigenvalue weighted by molar-refractivity contribution is 0.0365. The van der Waals surface area contributed by atoms with Gasteiger partial charge in [0.25, 0.3) is 0 Å². The number of morpholine rings is 1. The van der Waals surface area contributed by atoms with Crippen molar-refractivity contribution in [1.29, 1.82) is 0 Å². The second kappa shape index (κ2) is 8.13. The molecule has 1 aromatic heterocycles. The lowest BCUT2D eigenvalue weighted by atomic mass is 9.92. The minimum atomic E-state index is 0.365. The van der Waals surface area contributed by atoms with E-state index in [1.54, 1.807) is 0 Å². The van der Waals surface area contributed by atoms with Crippen LogP contribution in [0.25, 0.3) is 0 Å². The largest absolute Gasteiger partial charge is 0.382 e. The number of piperidine rings is 1. The molecule has 23 heavy (non-hydrogen) atoms. The van der Waals surface area contributed by atoms with E-state index in [1.165, 1.54) is 38.6 Å². The fourth-order valence-corrected chi connectivity index (χ4v) is 3.67. The molecule has 2 fully saturated rings. The summed E-state index contributed by atoms with van der Waals surface area (Å²) in [4.78, 5) is 13.0. The quantitative estimate of drug-likeness (QED) is 0.885. The highest BCUT2D eigenvalue weighted by atomic mass is 35.5. The van der Waals surface area contributed by atoms with Crippen LogP contribution in [0.3, 0.4) is 0 Å². The summed E-state index contributed by atoms with van der Waals surface area (Å²) in [5, 5.41) is 0.485. The van der Waals surface area contributed by atoms with Crippen LogP contribution in [0.5, 0.6) is 0 Å². The first-order chi connectivity index (χ1) is 11.2. The number of ether oxygens (including phenoxy) is 1.